The van der Waals surface area contributed by atoms with Crippen LogP contribution < -0.4 is 5.09 Å². The first-order chi connectivity index (χ1) is 11.5. The fraction of sp³-hybridized carbons (Fsp3) is 0.533. The number of nitrogens with one attached hydrogen (secondary N) is 1. The number of hydrogen-bond acceptors (Lipinski definition) is 4. The van der Waals surface area contributed by atoms with Crippen molar-refractivity contribution >= 4 is 19.2 Å². The van der Waals surface area contributed by atoms with E-state index in [0.29, 0.717) is 26.2 Å². The van der Waals surface area contributed by atoms with Crippen molar-refractivity contribution in [1.82, 2.24) is 14.4 Å². The third-order valence-electron chi connectivity index (χ3n) is 4.52. The number of para-hydroxylation sites is 1. The average molecular weight is 352 g/mol. The molecule has 1 N–H and O–H groups in total. The molecule has 0 unspecified atom stereocenters. The van der Waals surface area contributed by atoms with Gasteiger partial charge in [0.25, 0.3) is 11.6 Å². The van der Waals surface area contributed by atoms with E-state index in [1.165, 1.54) is 18.2 Å². The fourth-order valence-corrected chi connectivity index (χ4v) is 5.96. The van der Waals surface area contributed by atoms with Gasteiger partial charge in [0, 0.05) is 32.2 Å². The van der Waals surface area contributed by atoms with Crippen LogP contribution in [0.4, 0.5) is 5.69 Å². The Bertz CT molecular complexity index is 664. The number of benzene rings is 1. The lowest BCUT2D eigenvalue weighted by molar-refractivity contribution is -0.385. The zero-order valence-corrected chi connectivity index (χ0v) is 14.3. The quantitative estimate of drug-likeness (QED) is 0.497. The van der Waals surface area contributed by atoms with Crippen molar-refractivity contribution in [2.45, 2.75) is 25.7 Å². The molecule has 0 spiro atoms. The minimum absolute atomic E-state index is 0.0545. The van der Waals surface area contributed by atoms with Crippen molar-refractivity contribution in [2.24, 2.45) is 0 Å². The fourth-order valence-electron chi connectivity index (χ4n) is 3.28. The van der Waals surface area contributed by atoms with Crippen LogP contribution in [0.5, 0.6) is 0 Å². The van der Waals surface area contributed by atoms with Gasteiger partial charge in [0.15, 0.2) is 0 Å². The molecule has 130 valence electrons. The van der Waals surface area contributed by atoms with Crippen molar-refractivity contribution in [2.75, 3.05) is 26.2 Å². The minimum Gasteiger partial charge on any atom is -0.278 e. The Morgan fingerprint density at radius 3 is 2.04 bits per heavy atom. The Labute approximate surface area is 140 Å². The molecule has 9 heteroatoms. The van der Waals surface area contributed by atoms with Crippen molar-refractivity contribution < 1.29 is 14.3 Å². The van der Waals surface area contributed by atoms with Gasteiger partial charge in [-0.2, -0.15) is 0 Å². The molecule has 2 saturated heterocycles. The molecule has 1 aromatic rings. The van der Waals surface area contributed by atoms with Gasteiger partial charge in [-0.05, 0) is 31.7 Å². The molecule has 0 bridgehead atoms. The Kier molecular flexibility index (Phi) is 4.99. The molecule has 2 fully saturated rings. The highest BCUT2D eigenvalue weighted by molar-refractivity contribution is 7.57. The Morgan fingerprint density at radius 2 is 1.54 bits per heavy atom. The molecule has 1 aromatic carbocycles. The van der Waals surface area contributed by atoms with Crippen LogP contribution >= 0.6 is 7.59 Å². The molecule has 0 saturated carbocycles. The van der Waals surface area contributed by atoms with Gasteiger partial charge in [0.2, 0.25) is 0 Å². The molecule has 0 atom stereocenters. The molecular formula is C15H21N4O4P. The Balaban J connectivity index is 1.89. The standard InChI is InChI=1S/C15H21N4O4P/c20-15(13-7-1-2-8-14(13)19(21)22)16-24(23,17-9-3-4-10-17)18-11-5-6-12-18/h1-2,7-8H,3-6,9-12H2,(H,16,20,23). The summed E-state index contributed by atoms with van der Waals surface area (Å²) >= 11 is 0. The molecule has 24 heavy (non-hydrogen) atoms. The normalized spacial score (nSPS) is 19.5. The SMILES string of the molecule is O=C(NP(=O)(N1CCCC1)N1CCCC1)c1ccccc1[N+](=O)[O-]. The first-order valence-electron chi connectivity index (χ1n) is 8.19. The zero-order valence-electron chi connectivity index (χ0n) is 13.4. The molecule has 2 aliphatic heterocycles. The Hall–Kier alpha value is -1.76. The predicted molar refractivity (Wildman–Crippen MR) is 89.8 cm³/mol. The topological polar surface area (TPSA) is 95.8 Å². The van der Waals surface area contributed by atoms with Gasteiger partial charge in [0.05, 0.1) is 4.92 Å². The second kappa shape index (κ2) is 7.01. The maximum Gasteiger partial charge on any atom is 0.311 e. The maximum atomic E-state index is 13.6. The molecule has 2 aliphatic rings. The monoisotopic (exact) mass is 352 g/mol. The van der Waals surface area contributed by atoms with Gasteiger partial charge < -0.3 is 0 Å². The highest BCUT2D eigenvalue weighted by Gasteiger charge is 2.42. The van der Waals surface area contributed by atoms with E-state index in [1.54, 1.807) is 6.07 Å². The highest BCUT2D eigenvalue weighted by Crippen LogP contribution is 2.52. The molecule has 8 nitrogen and oxygen atoms in total. The van der Waals surface area contributed by atoms with Gasteiger partial charge in [0.1, 0.15) is 5.56 Å². The number of carbonyl (C=O) groups is 1. The van der Waals surface area contributed by atoms with E-state index < -0.39 is 18.4 Å². The van der Waals surface area contributed by atoms with Crippen molar-refractivity contribution in [1.29, 1.82) is 0 Å². The first-order valence-corrected chi connectivity index (χ1v) is 9.80. The molecule has 0 aromatic heterocycles. The van der Waals surface area contributed by atoms with Crippen LogP contribution in [-0.4, -0.2) is 46.4 Å². The van der Waals surface area contributed by atoms with Crippen molar-refractivity contribution in [3.05, 3.63) is 39.9 Å². The third kappa shape index (κ3) is 3.22. The van der Waals surface area contributed by atoms with E-state index >= 15 is 0 Å². The van der Waals surface area contributed by atoms with Gasteiger partial charge in [-0.3, -0.25) is 24.6 Å². The summed E-state index contributed by atoms with van der Waals surface area (Å²) in [6.07, 6.45) is 3.77. The van der Waals surface area contributed by atoms with Crippen LogP contribution in [0.2, 0.25) is 0 Å². The van der Waals surface area contributed by atoms with E-state index in [1.807, 2.05) is 9.34 Å². The van der Waals surface area contributed by atoms with Gasteiger partial charge >= 0.3 is 7.59 Å². The number of nitro groups is 1. The third-order valence-corrected chi connectivity index (χ3v) is 7.35. The summed E-state index contributed by atoms with van der Waals surface area (Å²) in [5.41, 5.74) is -0.328. The van der Waals surface area contributed by atoms with Crippen LogP contribution in [-0.2, 0) is 4.57 Å². The molecular weight excluding hydrogens is 331 g/mol. The number of nitrogens with zero attached hydrogens (tertiary/aromatic N) is 3. The Morgan fingerprint density at radius 1 is 1.04 bits per heavy atom. The second-order valence-electron chi connectivity index (χ2n) is 6.08. The summed E-state index contributed by atoms with van der Waals surface area (Å²) in [6, 6.07) is 5.76. The smallest absolute Gasteiger partial charge is 0.278 e. The molecule has 0 radical (unpaired) electrons. The van der Waals surface area contributed by atoms with Crippen LogP contribution in [0.3, 0.4) is 0 Å². The lowest BCUT2D eigenvalue weighted by Gasteiger charge is -2.34. The van der Waals surface area contributed by atoms with Crippen LogP contribution in [0.15, 0.2) is 24.3 Å². The largest absolute Gasteiger partial charge is 0.311 e. The number of amides is 1. The molecule has 2 heterocycles. The second-order valence-corrected chi connectivity index (χ2v) is 8.52. The van der Waals surface area contributed by atoms with Crippen LogP contribution in [0.1, 0.15) is 36.0 Å². The summed E-state index contributed by atoms with van der Waals surface area (Å²) in [5.74, 6) is -0.649. The summed E-state index contributed by atoms with van der Waals surface area (Å²) in [6.45, 7) is 2.69. The summed E-state index contributed by atoms with van der Waals surface area (Å²) in [4.78, 5) is 23.2. The molecule has 3 rings (SSSR count). The van der Waals surface area contributed by atoms with Gasteiger partial charge in [-0.15, -0.1) is 0 Å². The average Bonchev–Trinajstić information content (AvgIpc) is 3.28. The number of hydrogen-bond donors (Lipinski definition) is 1. The molecule has 1 amide bonds. The molecule has 0 aliphatic carbocycles. The van der Waals surface area contributed by atoms with Crippen LogP contribution in [0, 0.1) is 10.1 Å². The summed E-state index contributed by atoms with van der Waals surface area (Å²) in [7, 11) is -3.24. The number of carbonyl (C=O) groups excluding carboxylic acids is 1. The number of nitro benzene ring substituents is 1. The van der Waals surface area contributed by atoms with E-state index in [9.17, 15) is 19.5 Å². The van der Waals surface area contributed by atoms with E-state index in [0.717, 1.165) is 25.7 Å². The first kappa shape index (κ1) is 17.1. The number of rotatable bonds is 5. The summed E-state index contributed by atoms with van der Waals surface area (Å²) < 4.78 is 17.3. The highest BCUT2D eigenvalue weighted by atomic mass is 31.2. The maximum absolute atomic E-state index is 13.6. The van der Waals surface area contributed by atoms with Gasteiger partial charge in [-0.25, -0.2) is 9.34 Å². The van der Waals surface area contributed by atoms with E-state index in [-0.39, 0.29) is 11.3 Å². The van der Waals surface area contributed by atoms with Crippen molar-refractivity contribution in [3.8, 4) is 0 Å². The lowest BCUT2D eigenvalue weighted by atomic mass is 10.2. The predicted octanol–water partition coefficient (Wildman–Crippen LogP) is 2.62. The van der Waals surface area contributed by atoms with E-state index in [4.69, 9.17) is 0 Å². The summed E-state index contributed by atoms with van der Waals surface area (Å²) in [5, 5.41) is 13.8. The van der Waals surface area contributed by atoms with Crippen molar-refractivity contribution in [3.63, 3.8) is 0 Å². The lowest BCUT2D eigenvalue weighted by Crippen LogP contribution is -2.39. The zero-order chi connectivity index (χ0) is 17.2. The van der Waals surface area contributed by atoms with Gasteiger partial charge in [-0.1, -0.05) is 12.1 Å². The minimum atomic E-state index is -3.24. The van der Waals surface area contributed by atoms with Crippen LogP contribution in [0.25, 0.3) is 0 Å². The van der Waals surface area contributed by atoms with E-state index in [2.05, 4.69) is 5.09 Å².